The van der Waals surface area contributed by atoms with Gasteiger partial charge in [-0.3, -0.25) is 4.79 Å². The Labute approximate surface area is 138 Å². The van der Waals surface area contributed by atoms with Crippen molar-refractivity contribution in [2.45, 2.75) is 26.2 Å². The molecule has 5 heteroatoms. The number of hydrogen-bond donors (Lipinski definition) is 0. The molecule has 106 valence electrons. The summed E-state index contributed by atoms with van der Waals surface area (Å²) in [4.78, 5) is 12.2. The molecule has 2 atom stereocenters. The van der Waals surface area contributed by atoms with E-state index < -0.39 is 26.0 Å². The quantitative estimate of drug-likeness (QED) is 0.632. The van der Waals surface area contributed by atoms with Crippen molar-refractivity contribution in [1.29, 1.82) is 0 Å². The maximum atomic E-state index is 12.2. The van der Waals surface area contributed by atoms with Gasteiger partial charge in [0.25, 0.3) is 0 Å². The van der Waals surface area contributed by atoms with E-state index in [1.165, 1.54) is 0 Å². The van der Waals surface area contributed by atoms with Gasteiger partial charge in [-0.2, -0.15) is 0 Å². The fraction of sp³-hybridized carbons (Fsp3) is 0.312. The molecule has 2 rings (SSSR count). The molecule has 0 fully saturated rings. The number of benzene rings is 1. The molecule has 0 amide bonds. The van der Waals surface area contributed by atoms with Gasteiger partial charge in [-0.1, -0.05) is 60.6 Å². The van der Waals surface area contributed by atoms with Crippen LogP contribution in [0.5, 0.6) is 0 Å². The number of hydrogen-bond acceptors (Lipinski definition) is 3. The molecule has 0 aromatic heterocycles. The van der Waals surface area contributed by atoms with Crippen LogP contribution in [0.15, 0.2) is 53.6 Å². The second-order valence-electron chi connectivity index (χ2n) is 5.34. The third-order valence-corrected chi connectivity index (χ3v) is 4.05. The van der Waals surface area contributed by atoms with Gasteiger partial charge < -0.3 is 4.52 Å². The molecule has 0 aliphatic heterocycles. The van der Waals surface area contributed by atoms with E-state index in [0.717, 1.165) is 16.7 Å². The molecule has 1 aromatic rings. The topological polar surface area (TPSA) is 43.4 Å². The third-order valence-electron chi connectivity index (χ3n) is 3.80. The van der Waals surface area contributed by atoms with Crippen LogP contribution in [-0.2, 0) is 19.3 Å². The summed E-state index contributed by atoms with van der Waals surface area (Å²) in [6.45, 7) is 5.93. The van der Waals surface area contributed by atoms with Crippen molar-refractivity contribution in [3.05, 3.63) is 59.2 Å². The van der Waals surface area contributed by atoms with E-state index in [2.05, 4.69) is 6.08 Å². The van der Waals surface area contributed by atoms with E-state index in [1.54, 1.807) is 0 Å². The van der Waals surface area contributed by atoms with Crippen molar-refractivity contribution in [2.24, 2.45) is 5.92 Å². The zero-order valence-electron chi connectivity index (χ0n) is 11.8. The van der Waals surface area contributed by atoms with Gasteiger partial charge in [0.15, 0.2) is 0 Å². The molecule has 0 bridgehead atoms. The van der Waals surface area contributed by atoms with Crippen molar-refractivity contribution in [1.82, 2.24) is 0 Å². The first-order valence-electron chi connectivity index (χ1n) is 6.45. The van der Waals surface area contributed by atoms with E-state index in [1.807, 2.05) is 57.2 Å². The number of carbonyl (C=O) groups excluding carboxylic acids is 1. The SMILES string of the molecule is CC1=CC(C)(c2ccccc2)C(C(=O)OP=O)C(C)=C1.[LiH]. The minimum absolute atomic E-state index is 0. The standard InChI is InChI=1S/C16H17O3P.Li.H/c1-11-9-12(2)14(15(17)19-20-18)16(3,10-11)13-7-5-4-6-8-13;;/h4-10,14H,1-3H3;;. The Balaban J connectivity index is 0.00000220. The first-order valence-corrected chi connectivity index (χ1v) is 7.19. The Kier molecular flexibility index (Phi) is 6.17. The van der Waals surface area contributed by atoms with Gasteiger partial charge >= 0.3 is 33.5 Å². The van der Waals surface area contributed by atoms with Crippen LogP contribution in [0.25, 0.3) is 0 Å². The van der Waals surface area contributed by atoms with Crippen LogP contribution in [0.2, 0.25) is 0 Å². The average Bonchev–Trinajstić information content (AvgIpc) is 2.39. The van der Waals surface area contributed by atoms with Gasteiger partial charge in [0, 0.05) is 5.41 Å². The molecule has 0 radical (unpaired) electrons. The second kappa shape index (κ2) is 7.23. The Morgan fingerprint density at radius 2 is 1.86 bits per heavy atom. The van der Waals surface area contributed by atoms with Gasteiger partial charge in [-0.25, -0.2) is 4.57 Å². The molecule has 21 heavy (non-hydrogen) atoms. The summed E-state index contributed by atoms with van der Waals surface area (Å²) < 4.78 is 15.3. The zero-order valence-corrected chi connectivity index (χ0v) is 12.7. The van der Waals surface area contributed by atoms with E-state index in [9.17, 15) is 9.36 Å². The summed E-state index contributed by atoms with van der Waals surface area (Å²) in [6, 6.07) is 9.84. The number of carbonyl (C=O) groups is 1. The molecule has 0 spiro atoms. The zero-order chi connectivity index (χ0) is 14.8. The average molecular weight is 296 g/mol. The molecule has 0 saturated heterocycles. The Hall–Kier alpha value is -1.13. The normalized spacial score (nSPS) is 24.6. The van der Waals surface area contributed by atoms with Crippen molar-refractivity contribution in [3.8, 4) is 0 Å². The first kappa shape index (κ1) is 17.9. The summed E-state index contributed by atoms with van der Waals surface area (Å²) in [6.07, 6.45) is 4.04. The van der Waals surface area contributed by atoms with E-state index in [4.69, 9.17) is 4.52 Å². The predicted octanol–water partition coefficient (Wildman–Crippen LogP) is 3.57. The summed E-state index contributed by atoms with van der Waals surface area (Å²) in [5, 5.41) is 0. The second-order valence-corrected chi connectivity index (χ2v) is 5.67. The van der Waals surface area contributed by atoms with Crippen LogP contribution in [0.4, 0.5) is 0 Å². The van der Waals surface area contributed by atoms with Crippen LogP contribution in [0, 0.1) is 5.92 Å². The molecular weight excluding hydrogens is 278 g/mol. The van der Waals surface area contributed by atoms with Crippen molar-refractivity contribution < 1.29 is 13.9 Å². The van der Waals surface area contributed by atoms with Crippen molar-refractivity contribution in [3.63, 3.8) is 0 Å². The van der Waals surface area contributed by atoms with Crippen LogP contribution in [0.3, 0.4) is 0 Å². The summed E-state index contributed by atoms with van der Waals surface area (Å²) in [7, 11) is -0.607. The summed E-state index contributed by atoms with van der Waals surface area (Å²) in [5.74, 6) is -0.930. The van der Waals surface area contributed by atoms with Crippen molar-refractivity contribution >= 4 is 33.5 Å². The molecular formula is C16H18LiO3P. The number of rotatable bonds is 3. The molecule has 1 aliphatic carbocycles. The molecule has 3 nitrogen and oxygen atoms in total. The predicted molar refractivity (Wildman–Crippen MR) is 85.6 cm³/mol. The minimum atomic E-state index is -0.607. The molecule has 0 N–H and O–H groups in total. The molecule has 2 unspecified atom stereocenters. The molecule has 0 heterocycles. The van der Waals surface area contributed by atoms with Crippen molar-refractivity contribution in [2.75, 3.05) is 0 Å². The van der Waals surface area contributed by atoms with Gasteiger partial charge in [-0.15, -0.1) is 0 Å². The fourth-order valence-corrected chi connectivity index (χ4v) is 3.26. The maximum absolute atomic E-state index is 12.2. The molecule has 1 aliphatic rings. The van der Waals surface area contributed by atoms with Crippen LogP contribution >= 0.6 is 8.69 Å². The Morgan fingerprint density at radius 1 is 1.24 bits per heavy atom. The van der Waals surface area contributed by atoms with Gasteiger partial charge in [0.2, 0.25) is 0 Å². The van der Waals surface area contributed by atoms with Crippen LogP contribution < -0.4 is 0 Å². The van der Waals surface area contributed by atoms with E-state index in [-0.39, 0.29) is 18.9 Å². The van der Waals surface area contributed by atoms with Crippen LogP contribution in [0.1, 0.15) is 26.3 Å². The summed E-state index contributed by atoms with van der Waals surface area (Å²) in [5.41, 5.74) is 2.57. The van der Waals surface area contributed by atoms with Gasteiger partial charge in [0.05, 0.1) is 5.92 Å². The van der Waals surface area contributed by atoms with Crippen LogP contribution in [-0.4, -0.2) is 24.8 Å². The fourth-order valence-electron chi connectivity index (χ4n) is 3.08. The number of allylic oxidation sites excluding steroid dienone is 3. The molecule has 1 aromatic carbocycles. The monoisotopic (exact) mass is 296 g/mol. The van der Waals surface area contributed by atoms with Gasteiger partial charge in [-0.05, 0) is 19.4 Å². The Bertz CT molecular complexity index is 595. The van der Waals surface area contributed by atoms with E-state index in [0.29, 0.717) is 0 Å². The summed E-state index contributed by atoms with van der Waals surface area (Å²) >= 11 is 0. The molecule has 0 saturated carbocycles. The first-order chi connectivity index (χ1) is 9.49. The third kappa shape index (κ3) is 3.55. The van der Waals surface area contributed by atoms with Gasteiger partial charge in [0.1, 0.15) is 0 Å². The Morgan fingerprint density at radius 3 is 2.43 bits per heavy atom. The van der Waals surface area contributed by atoms with E-state index >= 15 is 0 Å².